The van der Waals surface area contributed by atoms with E-state index in [1.807, 2.05) is 17.6 Å². The molecule has 1 aromatic heterocycles. The van der Waals surface area contributed by atoms with E-state index in [4.69, 9.17) is 4.74 Å². The van der Waals surface area contributed by atoms with Crippen molar-refractivity contribution in [3.05, 3.63) is 46.4 Å². The molecule has 0 saturated heterocycles. The van der Waals surface area contributed by atoms with Crippen LogP contribution in [0.25, 0.3) is 0 Å². The van der Waals surface area contributed by atoms with E-state index >= 15 is 0 Å². The van der Waals surface area contributed by atoms with Gasteiger partial charge in [0.05, 0.1) is 17.8 Å². The van der Waals surface area contributed by atoms with Crippen molar-refractivity contribution in [2.75, 3.05) is 6.61 Å². The fourth-order valence-electron chi connectivity index (χ4n) is 1.91. The van der Waals surface area contributed by atoms with Crippen LogP contribution in [0, 0.1) is 0 Å². The highest BCUT2D eigenvalue weighted by atomic mass is 32.1. The average molecular weight is 290 g/mol. The van der Waals surface area contributed by atoms with Crippen molar-refractivity contribution in [2.24, 2.45) is 0 Å². The largest absolute Gasteiger partial charge is 0.494 e. The standard InChI is InChI=1S/C16H22N2OS/c1-2-3-4-9-19-16-7-5-14(6-8-16)10-17-11-15-12-20-13-18-15/h5-8,12-13,17H,2-4,9-11H2,1H3. The lowest BCUT2D eigenvalue weighted by Crippen LogP contribution is -2.12. The van der Waals surface area contributed by atoms with Gasteiger partial charge in [0.2, 0.25) is 0 Å². The summed E-state index contributed by atoms with van der Waals surface area (Å²) in [6.07, 6.45) is 3.60. The normalized spacial score (nSPS) is 10.7. The van der Waals surface area contributed by atoms with Gasteiger partial charge in [0.1, 0.15) is 5.75 Å². The molecule has 1 heterocycles. The summed E-state index contributed by atoms with van der Waals surface area (Å²) in [6.45, 7) is 4.69. The third-order valence-electron chi connectivity index (χ3n) is 3.06. The van der Waals surface area contributed by atoms with Gasteiger partial charge in [-0.15, -0.1) is 11.3 Å². The first-order chi connectivity index (χ1) is 9.88. The molecule has 0 fully saturated rings. The Morgan fingerprint density at radius 2 is 2.00 bits per heavy atom. The minimum absolute atomic E-state index is 0.815. The maximum absolute atomic E-state index is 5.70. The van der Waals surface area contributed by atoms with E-state index in [2.05, 4.69) is 34.7 Å². The van der Waals surface area contributed by atoms with Crippen LogP contribution >= 0.6 is 11.3 Å². The van der Waals surface area contributed by atoms with Crippen molar-refractivity contribution in [1.82, 2.24) is 10.3 Å². The molecule has 2 rings (SSSR count). The van der Waals surface area contributed by atoms with Crippen LogP contribution in [0.1, 0.15) is 37.4 Å². The number of benzene rings is 1. The fourth-order valence-corrected chi connectivity index (χ4v) is 2.46. The van der Waals surface area contributed by atoms with Crippen molar-refractivity contribution in [1.29, 1.82) is 0 Å². The molecule has 108 valence electrons. The number of nitrogens with one attached hydrogen (secondary N) is 1. The molecule has 0 aliphatic carbocycles. The summed E-state index contributed by atoms with van der Waals surface area (Å²) in [4.78, 5) is 4.25. The molecule has 1 N–H and O–H groups in total. The van der Waals surface area contributed by atoms with Crippen molar-refractivity contribution in [3.8, 4) is 5.75 Å². The third kappa shape index (κ3) is 5.31. The van der Waals surface area contributed by atoms with E-state index in [9.17, 15) is 0 Å². The van der Waals surface area contributed by atoms with Crippen molar-refractivity contribution >= 4 is 11.3 Å². The van der Waals surface area contributed by atoms with E-state index in [0.717, 1.165) is 37.6 Å². The molecule has 0 bridgehead atoms. The number of hydrogen-bond acceptors (Lipinski definition) is 4. The van der Waals surface area contributed by atoms with E-state index in [1.165, 1.54) is 18.4 Å². The van der Waals surface area contributed by atoms with Crippen molar-refractivity contribution in [3.63, 3.8) is 0 Å². The fraction of sp³-hybridized carbons (Fsp3) is 0.438. The maximum atomic E-state index is 5.70. The zero-order valence-electron chi connectivity index (χ0n) is 12.0. The summed E-state index contributed by atoms with van der Waals surface area (Å²) in [6, 6.07) is 8.32. The molecule has 4 heteroatoms. The predicted molar refractivity (Wildman–Crippen MR) is 84.1 cm³/mol. The monoisotopic (exact) mass is 290 g/mol. The second-order valence-electron chi connectivity index (χ2n) is 4.78. The van der Waals surface area contributed by atoms with E-state index in [-0.39, 0.29) is 0 Å². The molecule has 0 amide bonds. The van der Waals surface area contributed by atoms with Crippen molar-refractivity contribution < 1.29 is 4.74 Å². The molecule has 0 saturated carbocycles. The zero-order valence-corrected chi connectivity index (χ0v) is 12.8. The van der Waals surface area contributed by atoms with Gasteiger partial charge in [0, 0.05) is 18.5 Å². The Morgan fingerprint density at radius 3 is 2.70 bits per heavy atom. The summed E-state index contributed by atoms with van der Waals surface area (Å²) in [5, 5.41) is 5.46. The molecule has 2 aromatic rings. The number of nitrogens with zero attached hydrogens (tertiary/aromatic N) is 1. The molecular formula is C16H22N2OS. The quantitative estimate of drug-likeness (QED) is 0.709. The predicted octanol–water partition coefficient (Wildman–Crippen LogP) is 4.00. The third-order valence-corrected chi connectivity index (χ3v) is 3.69. The summed E-state index contributed by atoms with van der Waals surface area (Å²) in [7, 11) is 0. The van der Waals surface area contributed by atoms with Gasteiger partial charge in [-0.2, -0.15) is 0 Å². The molecule has 20 heavy (non-hydrogen) atoms. The molecule has 0 atom stereocenters. The van der Waals surface area contributed by atoms with Crippen LogP contribution in [-0.2, 0) is 13.1 Å². The Hall–Kier alpha value is -1.39. The van der Waals surface area contributed by atoms with E-state index < -0.39 is 0 Å². The second kappa shape index (κ2) is 8.72. The number of rotatable bonds is 9. The van der Waals surface area contributed by atoms with Crippen LogP contribution < -0.4 is 10.1 Å². The van der Waals surface area contributed by atoms with Gasteiger partial charge >= 0.3 is 0 Å². The number of thiazole rings is 1. The number of aromatic nitrogens is 1. The Kier molecular flexibility index (Phi) is 6.54. The molecule has 0 spiro atoms. The van der Waals surface area contributed by atoms with E-state index in [1.54, 1.807) is 11.3 Å². The summed E-state index contributed by atoms with van der Waals surface area (Å²) in [5.74, 6) is 0.962. The maximum Gasteiger partial charge on any atom is 0.119 e. The van der Waals surface area contributed by atoms with Crippen LogP contribution in [0.15, 0.2) is 35.2 Å². The van der Waals surface area contributed by atoms with Gasteiger partial charge in [-0.1, -0.05) is 31.9 Å². The van der Waals surface area contributed by atoms with Gasteiger partial charge in [0.15, 0.2) is 0 Å². The smallest absolute Gasteiger partial charge is 0.119 e. The molecule has 0 unspecified atom stereocenters. The topological polar surface area (TPSA) is 34.1 Å². The number of hydrogen-bond donors (Lipinski definition) is 1. The lowest BCUT2D eigenvalue weighted by molar-refractivity contribution is 0.306. The van der Waals surface area contributed by atoms with Crippen LogP contribution in [0.5, 0.6) is 5.75 Å². The number of unbranched alkanes of at least 4 members (excludes halogenated alkanes) is 2. The Morgan fingerprint density at radius 1 is 1.15 bits per heavy atom. The Bertz CT molecular complexity index is 468. The Balaban J connectivity index is 1.68. The number of ether oxygens (including phenoxy) is 1. The highest BCUT2D eigenvalue weighted by molar-refractivity contribution is 7.07. The molecule has 0 radical (unpaired) electrons. The van der Waals surface area contributed by atoms with Crippen LogP contribution in [-0.4, -0.2) is 11.6 Å². The van der Waals surface area contributed by atoms with Gasteiger partial charge in [-0.25, -0.2) is 4.98 Å². The summed E-state index contributed by atoms with van der Waals surface area (Å²) >= 11 is 1.63. The van der Waals surface area contributed by atoms with Crippen LogP contribution in [0.2, 0.25) is 0 Å². The zero-order chi connectivity index (χ0) is 14.0. The second-order valence-corrected chi connectivity index (χ2v) is 5.50. The van der Waals surface area contributed by atoms with Crippen LogP contribution in [0.3, 0.4) is 0 Å². The molecule has 1 aromatic carbocycles. The summed E-state index contributed by atoms with van der Waals surface area (Å²) < 4.78 is 5.70. The van der Waals surface area contributed by atoms with Crippen molar-refractivity contribution in [2.45, 2.75) is 39.3 Å². The van der Waals surface area contributed by atoms with Gasteiger partial charge in [-0.05, 0) is 24.1 Å². The average Bonchev–Trinajstić information content (AvgIpc) is 2.98. The summed E-state index contributed by atoms with van der Waals surface area (Å²) in [5.41, 5.74) is 4.23. The van der Waals surface area contributed by atoms with Gasteiger partial charge in [-0.3, -0.25) is 0 Å². The first-order valence-electron chi connectivity index (χ1n) is 7.18. The van der Waals surface area contributed by atoms with Crippen LogP contribution in [0.4, 0.5) is 0 Å². The SMILES string of the molecule is CCCCCOc1ccc(CNCc2cscn2)cc1. The minimum atomic E-state index is 0.815. The van der Waals surface area contributed by atoms with Gasteiger partial charge in [0.25, 0.3) is 0 Å². The van der Waals surface area contributed by atoms with Gasteiger partial charge < -0.3 is 10.1 Å². The Labute approximate surface area is 125 Å². The lowest BCUT2D eigenvalue weighted by atomic mass is 10.2. The molecule has 3 nitrogen and oxygen atoms in total. The lowest BCUT2D eigenvalue weighted by Gasteiger charge is -2.07. The minimum Gasteiger partial charge on any atom is -0.494 e. The first-order valence-corrected chi connectivity index (χ1v) is 8.12. The highest BCUT2D eigenvalue weighted by Crippen LogP contribution is 2.13. The van der Waals surface area contributed by atoms with E-state index in [0.29, 0.717) is 0 Å². The first kappa shape index (κ1) is 15.0. The molecular weight excluding hydrogens is 268 g/mol. The molecule has 0 aliphatic rings. The highest BCUT2D eigenvalue weighted by Gasteiger charge is 1.97. The molecule has 0 aliphatic heterocycles.